The van der Waals surface area contributed by atoms with Crippen molar-refractivity contribution in [2.45, 2.75) is 31.8 Å². The van der Waals surface area contributed by atoms with Crippen LogP contribution in [-0.4, -0.2) is 48.5 Å². The van der Waals surface area contributed by atoms with Crippen LogP contribution >= 0.6 is 24.0 Å². The Kier molecular flexibility index (Phi) is 5.14. The number of halogens is 1. The summed E-state index contributed by atoms with van der Waals surface area (Å²) in [7, 11) is 2.00. The van der Waals surface area contributed by atoms with Gasteiger partial charge in [-0.3, -0.25) is 9.79 Å². The van der Waals surface area contributed by atoms with Gasteiger partial charge in [0, 0.05) is 20.1 Å². The number of hydrogen-bond acceptors (Lipinski definition) is 5. The van der Waals surface area contributed by atoms with Crippen LogP contribution < -0.4 is 15.5 Å². The smallest absolute Gasteiger partial charge is 0.329 e. The number of amides is 3. The minimum absolute atomic E-state index is 0. The fraction of sp³-hybridized carbons (Fsp3) is 0.500. The quantitative estimate of drug-likeness (QED) is 0.522. The van der Waals surface area contributed by atoms with Crippen LogP contribution in [0.15, 0.2) is 29.3 Å². The third-order valence-corrected chi connectivity index (χ3v) is 5.29. The van der Waals surface area contributed by atoms with Crippen LogP contribution in [0.4, 0.5) is 10.5 Å². The first-order valence-corrected chi connectivity index (χ1v) is 8.74. The third-order valence-electron chi connectivity index (χ3n) is 5.29. The summed E-state index contributed by atoms with van der Waals surface area (Å²) in [5, 5.41) is 6.19. The van der Waals surface area contributed by atoms with Gasteiger partial charge >= 0.3 is 6.03 Å². The van der Waals surface area contributed by atoms with Gasteiger partial charge in [0.15, 0.2) is 5.96 Å². The second-order valence-corrected chi connectivity index (χ2v) is 7.20. The number of carbonyl (C=O) groups is 2. The maximum absolute atomic E-state index is 12.8. The standard InChI is InChI=1S/C18H23N5O2.HI/c1-18(13-6-7-13)15(24)23(17(25)21-18)14-5-3-4-12(10-14)11-20-16-19-8-9-22(16)2;/h3-5,10,13H,6-9,11H2,1-2H3,(H,19,20)(H,21,25);1H. The highest BCUT2D eigenvalue weighted by Gasteiger charge is 2.56. The van der Waals surface area contributed by atoms with E-state index in [0.29, 0.717) is 12.2 Å². The second-order valence-electron chi connectivity index (χ2n) is 7.20. The number of aliphatic imine (C=N–C) groups is 1. The van der Waals surface area contributed by atoms with E-state index in [1.54, 1.807) is 6.07 Å². The van der Waals surface area contributed by atoms with Gasteiger partial charge in [0.25, 0.3) is 5.91 Å². The van der Waals surface area contributed by atoms with Crippen LogP contribution in [0.2, 0.25) is 0 Å². The molecule has 2 N–H and O–H groups in total. The highest BCUT2D eigenvalue weighted by molar-refractivity contribution is 14.0. The second kappa shape index (κ2) is 7.05. The van der Waals surface area contributed by atoms with Crippen molar-refractivity contribution in [2.24, 2.45) is 10.9 Å². The minimum atomic E-state index is -0.757. The zero-order valence-electron chi connectivity index (χ0n) is 15.0. The molecular formula is C18H24IN5O2. The van der Waals surface area contributed by atoms with Crippen LogP contribution in [0, 0.1) is 5.92 Å². The monoisotopic (exact) mass is 469 g/mol. The maximum Gasteiger partial charge on any atom is 0.329 e. The topological polar surface area (TPSA) is 77.0 Å². The normalized spacial score (nSPS) is 25.1. The number of urea groups is 1. The Bertz CT molecular complexity index is 764. The first-order valence-electron chi connectivity index (χ1n) is 8.74. The van der Waals surface area contributed by atoms with Gasteiger partial charge in [0.1, 0.15) is 5.54 Å². The van der Waals surface area contributed by atoms with Crippen LogP contribution in [0.5, 0.6) is 0 Å². The predicted octanol–water partition coefficient (Wildman–Crippen LogP) is 1.92. The molecule has 4 rings (SSSR count). The zero-order chi connectivity index (χ0) is 17.6. The van der Waals surface area contributed by atoms with E-state index in [4.69, 9.17) is 0 Å². The molecule has 0 spiro atoms. The van der Waals surface area contributed by atoms with Crippen LogP contribution in [0.1, 0.15) is 25.3 Å². The molecule has 1 atom stereocenters. The highest BCUT2D eigenvalue weighted by Crippen LogP contribution is 2.43. The van der Waals surface area contributed by atoms with Crippen molar-refractivity contribution in [1.82, 2.24) is 15.5 Å². The lowest BCUT2D eigenvalue weighted by molar-refractivity contribution is -0.122. The summed E-state index contributed by atoms with van der Waals surface area (Å²) in [6, 6.07) is 7.21. The van der Waals surface area contributed by atoms with Gasteiger partial charge in [-0.05, 0) is 43.4 Å². The van der Waals surface area contributed by atoms with Crippen molar-refractivity contribution in [3.8, 4) is 0 Å². The molecule has 3 amide bonds. The third kappa shape index (κ3) is 3.26. The first kappa shape index (κ1) is 18.9. The van der Waals surface area contributed by atoms with E-state index in [1.165, 1.54) is 4.90 Å². The molecule has 1 unspecified atom stereocenters. The SMILES string of the molecule is CN1CCN=C1NCc1cccc(N2C(=O)NC(C)(C3CC3)C2=O)c1.I. The Hall–Kier alpha value is -1.84. The molecule has 1 aromatic carbocycles. The lowest BCUT2D eigenvalue weighted by atomic mass is 9.96. The van der Waals surface area contributed by atoms with E-state index in [9.17, 15) is 9.59 Å². The van der Waals surface area contributed by atoms with Crippen molar-refractivity contribution in [1.29, 1.82) is 0 Å². The Labute approximate surface area is 170 Å². The summed E-state index contributed by atoms with van der Waals surface area (Å²) < 4.78 is 0. The van der Waals surface area contributed by atoms with E-state index in [0.717, 1.165) is 37.5 Å². The average Bonchev–Trinajstić information content (AvgIpc) is 3.32. The number of hydrogen-bond donors (Lipinski definition) is 2. The van der Waals surface area contributed by atoms with Crippen LogP contribution in [0.3, 0.4) is 0 Å². The number of imide groups is 1. The van der Waals surface area contributed by atoms with Crippen molar-refractivity contribution in [2.75, 3.05) is 25.0 Å². The number of anilines is 1. The molecule has 2 aliphatic heterocycles. The van der Waals surface area contributed by atoms with Crippen molar-refractivity contribution < 1.29 is 9.59 Å². The van der Waals surface area contributed by atoms with E-state index in [1.807, 2.05) is 32.2 Å². The fourth-order valence-corrected chi connectivity index (χ4v) is 3.54. The summed E-state index contributed by atoms with van der Waals surface area (Å²) in [5.41, 5.74) is 0.862. The van der Waals surface area contributed by atoms with Gasteiger partial charge in [0.2, 0.25) is 0 Å². The summed E-state index contributed by atoms with van der Waals surface area (Å²) in [6.07, 6.45) is 1.99. The Morgan fingerprint density at radius 2 is 2.12 bits per heavy atom. The van der Waals surface area contributed by atoms with E-state index in [-0.39, 0.29) is 41.8 Å². The van der Waals surface area contributed by atoms with E-state index in [2.05, 4.69) is 20.5 Å². The molecule has 3 aliphatic rings. The van der Waals surface area contributed by atoms with Gasteiger partial charge in [-0.1, -0.05) is 12.1 Å². The molecule has 1 aliphatic carbocycles. The largest absolute Gasteiger partial charge is 0.352 e. The summed E-state index contributed by atoms with van der Waals surface area (Å²) >= 11 is 0. The molecule has 0 radical (unpaired) electrons. The molecule has 1 saturated carbocycles. The first-order chi connectivity index (χ1) is 12.0. The number of nitrogens with zero attached hydrogens (tertiary/aromatic N) is 3. The molecule has 0 bridgehead atoms. The van der Waals surface area contributed by atoms with Crippen molar-refractivity contribution >= 4 is 47.6 Å². The van der Waals surface area contributed by atoms with Gasteiger partial charge < -0.3 is 15.5 Å². The molecule has 0 aromatic heterocycles. The summed E-state index contributed by atoms with van der Waals surface area (Å²) in [4.78, 5) is 33.0. The number of likely N-dealkylation sites (N-methyl/N-ethyl adjacent to an activating group) is 1. The molecule has 2 fully saturated rings. The van der Waals surface area contributed by atoms with Gasteiger partial charge in [-0.25, -0.2) is 9.69 Å². The van der Waals surface area contributed by atoms with E-state index < -0.39 is 5.54 Å². The molecule has 1 aromatic rings. The minimum Gasteiger partial charge on any atom is -0.352 e. The summed E-state index contributed by atoms with van der Waals surface area (Å²) in [5.74, 6) is 0.987. The molecular weight excluding hydrogens is 445 g/mol. The highest BCUT2D eigenvalue weighted by atomic mass is 127. The number of guanidine groups is 1. The molecule has 8 heteroatoms. The van der Waals surface area contributed by atoms with Crippen molar-refractivity contribution in [3.63, 3.8) is 0 Å². The molecule has 7 nitrogen and oxygen atoms in total. The lowest BCUT2D eigenvalue weighted by Gasteiger charge is -2.21. The zero-order valence-corrected chi connectivity index (χ0v) is 17.3. The summed E-state index contributed by atoms with van der Waals surface area (Å²) in [6.45, 7) is 4.16. The predicted molar refractivity (Wildman–Crippen MR) is 111 cm³/mol. The molecule has 1 saturated heterocycles. The number of nitrogens with one attached hydrogen (secondary N) is 2. The number of carbonyl (C=O) groups excluding carboxylic acids is 2. The van der Waals surface area contributed by atoms with E-state index >= 15 is 0 Å². The Morgan fingerprint density at radius 1 is 1.35 bits per heavy atom. The Balaban J connectivity index is 0.00000196. The van der Waals surface area contributed by atoms with Gasteiger partial charge in [-0.2, -0.15) is 0 Å². The molecule has 2 heterocycles. The van der Waals surface area contributed by atoms with Crippen LogP contribution in [-0.2, 0) is 11.3 Å². The lowest BCUT2D eigenvalue weighted by Crippen LogP contribution is -2.46. The Morgan fingerprint density at radius 3 is 2.77 bits per heavy atom. The van der Waals surface area contributed by atoms with Crippen LogP contribution in [0.25, 0.3) is 0 Å². The number of benzene rings is 1. The molecule has 140 valence electrons. The maximum atomic E-state index is 12.8. The molecule has 26 heavy (non-hydrogen) atoms. The number of rotatable bonds is 4. The van der Waals surface area contributed by atoms with Crippen molar-refractivity contribution in [3.05, 3.63) is 29.8 Å². The average molecular weight is 469 g/mol. The fourth-order valence-electron chi connectivity index (χ4n) is 3.54. The van der Waals surface area contributed by atoms with Gasteiger partial charge in [0.05, 0.1) is 12.2 Å². The van der Waals surface area contributed by atoms with Gasteiger partial charge in [-0.15, -0.1) is 24.0 Å².